The number of halogens is 4. The van der Waals surface area contributed by atoms with Crippen molar-refractivity contribution >= 4 is 11.6 Å². The molecule has 0 aliphatic carbocycles. The first-order valence-corrected chi connectivity index (χ1v) is 4.04. The maximum absolute atomic E-state index is 12.2. The molecule has 0 spiro atoms. The summed E-state index contributed by atoms with van der Waals surface area (Å²) in [5.41, 5.74) is -0.454. The molecule has 0 N–H and O–H groups in total. The van der Waals surface area contributed by atoms with E-state index < -0.39 is 11.7 Å². The third-order valence-electron chi connectivity index (χ3n) is 1.64. The molecule has 0 bridgehead atoms. The second-order valence-corrected chi connectivity index (χ2v) is 2.89. The minimum atomic E-state index is -4.42. The number of hydrogen-bond donors (Lipinski definition) is 0. The van der Waals surface area contributed by atoms with E-state index in [1.807, 2.05) is 0 Å². The van der Waals surface area contributed by atoms with Gasteiger partial charge >= 0.3 is 6.18 Å². The van der Waals surface area contributed by atoms with Crippen molar-refractivity contribution in [1.82, 2.24) is 4.98 Å². The van der Waals surface area contributed by atoms with Gasteiger partial charge in [-0.2, -0.15) is 13.2 Å². The predicted octanol–water partition coefficient (Wildman–Crippen LogP) is 3.32. The summed E-state index contributed by atoms with van der Waals surface area (Å²) in [6, 6.07) is 0. The van der Waals surface area contributed by atoms with Crippen LogP contribution in [0.1, 0.15) is 18.1 Å². The summed E-state index contributed by atoms with van der Waals surface area (Å²) >= 11 is 5.53. The maximum atomic E-state index is 12.2. The van der Waals surface area contributed by atoms with Gasteiger partial charge in [0.25, 0.3) is 0 Å². The molecular formula is C8H7ClF3N. The molecule has 0 saturated heterocycles. The highest BCUT2D eigenvalue weighted by Crippen LogP contribution is 2.35. The molecule has 1 heterocycles. The lowest BCUT2D eigenvalue weighted by molar-refractivity contribution is -0.137. The molecule has 13 heavy (non-hydrogen) atoms. The fourth-order valence-corrected chi connectivity index (χ4v) is 1.27. The van der Waals surface area contributed by atoms with E-state index in [0.29, 0.717) is 12.0 Å². The molecule has 1 rings (SSSR count). The van der Waals surface area contributed by atoms with Crippen LogP contribution in [-0.2, 0) is 12.6 Å². The molecule has 1 aromatic heterocycles. The molecule has 5 heteroatoms. The van der Waals surface area contributed by atoms with Crippen LogP contribution in [0, 0.1) is 0 Å². The smallest absolute Gasteiger partial charge is 0.264 e. The number of pyridine rings is 1. The standard InChI is InChI=1S/C8H7ClF3N/c1-2-5-3-13-4-6(7(5)9)8(10,11)12/h3-4H,2H2,1H3. The average Bonchev–Trinajstić information content (AvgIpc) is 2.02. The van der Waals surface area contributed by atoms with E-state index in [1.54, 1.807) is 6.92 Å². The van der Waals surface area contributed by atoms with Crippen LogP contribution in [0.3, 0.4) is 0 Å². The Morgan fingerprint density at radius 1 is 1.38 bits per heavy atom. The van der Waals surface area contributed by atoms with E-state index in [1.165, 1.54) is 6.20 Å². The summed E-state index contributed by atoms with van der Waals surface area (Å²) in [6.45, 7) is 1.73. The van der Waals surface area contributed by atoms with Gasteiger partial charge < -0.3 is 0 Å². The second-order valence-electron chi connectivity index (χ2n) is 2.51. The molecule has 0 aliphatic rings. The highest BCUT2D eigenvalue weighted by atomic mass is 35.5. The number of hydrogen-bond acceptors (Lipinski definition) is 1. The minimum absolute atomic E-state index is 0.245. The SMILES string of the molecule is CCc1cncc(C(F)(F)F)c1Cl. The third kappa shape index (κ3) is 2.12. The lowest BCUT2D eigenvalue weighted by Gasteiger charge is -2.10. The van der Waals surface area contributed by atoms with E-state index in [0.717, 1.165) is 6.20 Å². The minimum Gasteiger partial charge on any atom is -0.264 e. The number of aryl methyl sites for hydroxylation is 1. The van der Waals surface area contributed by atoms with Crippen LogP contribution in [-0.4, -0.2) is 4.98 Å². The number of nitrogens with zero attached hydrogens (tertiary/aromatic N) is 1. The van der Waals surface area contributed by atoms with Gasteiger partial charge in [0.15, 0.2) is 0 Å². The Kier molecular flexibility index (Phi) is 2.81. The Morgan fingerprint density at radius 2 is 2.00 bits per heavy atom. The van der Waals surface area contributed by atoms with Gasteiger partial charge in [-0.1, -0.05) is 18.5 Å². The zero-order valence-electron chi connectivity index (χ0n) is 6.82. The molecule has 0 atom stereocenters. The Morgan fingerprint density at radius 3 is 2.46 bits per heavy atom. The van der Waals surface area contributed by atoms with Crippen molar-refractivity contribution in [3.05, 3.63) is 28.5 Å². The van der Waals surface area contributed by atoms with Crippen molar-refractivity contribution in [2.45, 2.75) is 19.5 Å². The second kappa shape index (κ2) is 3.54. The van der Waals surface area contributed by atoms with Crippen molar-refractivity contribution in [2.75, 3.05) is 0 Å². The van der Waals surface area contributed by atoms with Gasteiger partial charge in [-0.3, -0.25) is 4.98 Å². The third-order valence-corrected chi connectivity index (χ3v) is 2.09. The lowest BCUT2D eigenvalue weighted by Crippen LogP contribution is -2.07. The largest absolute Gasteiger partial charge is 0.419 e. The van der Waals surface area contributed by atoms with Crippen molar-refractivity contribution in [3.8, 4) is 0 Å². The summed E-state index contributed by atoms with van der Waals surface area (Å²) in [5.74, 6) is 0. The Labute approximate surface area is 78.5 Å². The zero-order chi connectivity index (χ0) is 10.1. The first-order valence-electron chi connectivity index (χ1n) is 3.66. The summed E-state index contributed by atoms with van der Waals surface area (Å²) in [5, 5.41) is -0.245. The van der Waals surface area contributed by atoms with Gasteiger partial charge in [-0.15, -0.1) is 0 Å². The van der Waals surface area contributed by atoms with E-state index in [-0.39, 0.29) is 5.02 Å². The summed E-state index contributed by atoms with van der Waals surface area (Å²) in [7, 11) is 0. The maximum Gasteiger partial charge on any atom is 0.419 e. The molecule has 0 saturated carbocycles. The van der Waals surface area contributed by atoms with E-state index >= 15 is 0 Å². The average molecular weight is 210 g/mol. The predicted molar refractivity (Wildman–Crippen MR) is 43.6 cm³/mol. The molecule has 0 radical (unpaired) electrons. The first-order chi connectivity index (χ1) is 5.96. The highest BCUT2D eigenvalue weighted by molar-refractivity contribution is 6.32. The lowest BCUT2D eigenvalue weighted by atomic mass is 10.1. The number of alkyl halides is 3. The van der Waals surface area contributed by atoms with Crippen LogP contribution >= 0.6 is 11.6 Å². The van der Waals surface area contributed by atoms with Crippen LogP contribution in [0.5, 0.6) is 0 Å². The zero-order valence-corrected chi connectivity index (χ0v) is 7.58. The molecule has 0 aliphatic heterocycles. The fourth-order valence-electron chi connectivity index (χ4n) is 0.932. The first kappa shape index (κ1) is 10.3. The van der Waals surface area contributed by atoms with E-state index in [2.05, 4.69) is 4.98 Å². The number of rotatable bonds is 1. The Hall–Kier alpha value is -0.770. The van der Waals surface area contributed by atoms with Gasteiger partial charge in [-0.05, 0) is 12.0 Å². The van der Waals surface area contributed by atoms with Crippen molar-refractivity contribution < 1.29 is 13.2 Å². The molecule has 0 unspecified atom stereocenters. The number of aromatic nitrogens is 1. The normalized spacial score (nSPS) is 11.8. The molecule has 0 amide bonds. The summed E-state index contributed by atoms with van der Waals surface area (Å²) in [6.07, 6.45) is -1.90. The Balaban J connectivity index is 3.24. The molecule has 0 aromatic carbocycles. The van der Waals surface area contributed by atoms with Crippen LogP contribution in [0.4, 0.5) is 13.2 Å². The van der Waals surface area contributed by atoms with E-state index in [4.69, 9.17) is 11.6 Å². The van der Waals surface area contributed by atoms with E-state index in [9.17, 15) is 13.2 Å². The topological polar surface area (TPSA) is 12.9 Å². The molecular weight excluding hydrogens is 203 g/mol. The van der Waals surface area contributed by atoms with Gasteiger partial charge in [0.05, 0.1) is 10.6 Å². The van der Waals surface area contributed by atoms with Gasteiger partial charge in [-0.25, -0.2) is 0 Å². The van der Waals surface area contributed by atoms with Crippen LogP contribution in [0.2, 0.25) is 5.02 Å². The fraction of sp³-hybridized carbons (Fsp3) is 0.375. The highest BCUT2D eigenvalue weighted by Gasteiger charge is 2.34. The molecule has 72 valence electrons. The van der Waals surface area contributed by atoms with Crippen LogP contribution in [0.15, 0.2) is 12.4 Å². The van der Waals surface area contributed by atoms with Gasteiger partial charge in [0, 0.05) is 12.4 Å². The molecule has 1 aromatic rings. The Bertz CT molecular complexity index is 309. The van der Waals surface area contributed by atoms with Crippen molar-refractivity contribution in [3.63, 3.8) is 0 Å². The van der Waals surface area contributed by atoms with Crippen LogP contribution < -0.4 is 0 Å². The van der Waals surface area contributed by atoms with Crippen molar-refractivity contribution in [1.29, 1.82) is 0 Å². The van der Waals surface area contributed by atoms with Crippen molar-refractivity contribution in [2.24, 2.45) is 0 Å². The van der Waals surface area contributed by atoms with Crippen LogP contribution in [0.25, 0.3) is 0 Å². The molecule has 0 fully saturated rings. The van der Waals surface area contributed by atoms with Gasteiger partial charge in [0.2, 0.25) is 0 Å². The van der Waals surface area contributed by atoms with Gasteiger partial charge in [0.1, 0.15) is 0 Å². The molecule has 1 nitrogen and oxygen atoms in total. The quantitative estimate of drug-likeness (QED) is 0.692. The summed E-state index contributed by atoms with van der Waals surface area (Å²) < 4.78 is 36.7. The summed E-state index contributed by atoms with van der Waals surface area (Å²) in [4.78, 5) is 3.48. The monoisotopic (exact) mass is 209 g/mol.